The number of nitrogens with one attached hydrogen (secondary N) is 1. The average Bonchev–Trinajstić information content (AvgIpc) is 2.29. The molecule has 0 unspecified atom stereocenters. The summed E-state index contributed by atoms with van der Waals surface area (Å²) in [4.78, 5) is 22.9. The Labute approximate surface area is 99.6 Å². The number of anilines is 1. The van der Waals surface area contributed by atoms with Gasteiger partial charge >= 0.3 is 0 Å². The molecule has 0 spiro atoms. The van der Waals surface area contributed by atoms with Crippen LogP contribution in [0.5, 0.6) is 0 Å². The number of carbonyl (C=O) groups excluding carboxylic acids is 1. The van der Waals surface area contributed by atoms with Gasteiger partial charge in [-0.3, -0.25) is 9.59 Å². The standard InChI is InChI=1S/C12H15N3O2/c1-2-3-4-7-14-11(16)9-15-8-10(13)5-6-12(15)17/h1,5-6,8H,3-4,7,9,13H2,(H,14,16). The van der Waals surface area contributed by atoms with Crippen LogP contribution in [0.1, 0.15) is 12.8 Å². The van der Waals surface area contributed by atoms with Crippen LogP contribution in [0.4, 0.5) is 5.69 Å². The second-order valence-electron chi connectivity index (χ2n) is 3.59. The average molecular weight is 233 g/mol. The van der Waals surface area contributed by atoms with Crippen LogP contribution in [-0.4, -0.2) is 17.0 Å². The zero-order valence-electron chi connectivity index (χ0n) is 9.48. The van der Waals surface area contributed by atoms with E-state index in [2.05, 4.69) is 11.2 Å². The van der Waals surface area contributed by atoms with E-state index in [0.717, 1.165) is 6.42 Å². The van der Waals surface area contributed by atoms with Crippen molar-refractivity contribution in [1.82, 2.24) is 9.88 Å². The fourth-order valence-electron chi connectivity index (χ4n) is 1.30. The first-order valence-corrected chi connectivity index (χ1v) is 5.29. The summed E-state index contributed by atoms with van der Waals surface area (Å²) in [5, 5.41) is 2.68. The first-order chi connectivity index (χ1) is 8.13. The van der Waals surface area contributed by atoms with Crippen molar-refractivity contribution in [3.63, 3.8) is 0 Å². The number of nitrogens with zero attached hydrogens (tertiary/aromatic N) is 1. The molecule has 1 rings (SSSR count). The number of hydrogen-bond acceptors (Lipinski definition) is 3. The molecule has 90 valence electrons. The number of pyridine rings is 1. The highest BCUT2D eigenvalue weighted by atomic mass is 16.2. The molecule has 0 saturated heterocycles. The van der Waals surface area contributed by atoms with Gasteiger partial charge in [-0.25, -0.2) is 0 Å². The molecule has 0 atom stereocenters. The van der Waals surface area contributed by atoms with Crippen LogP contribution in [0.3, 0.4) is 0 Å². The third-order valence-corrected chi connectivity index (χ3v) is 2.14. The van der Waals surface area contributed by atoms with E-state index >= 15 is 0 Å². The first kappa shape index (κ1) is 12.8. The van der Waals surface area contributed by atoms with Crippen molar-refractivity contribution in [2.24, 2.45) is 0 Å². The first-order valence-electron chi connectivity index (χ1n) is 5.29. The normalized spacial score (nSPS) is 9.59. The van der Waals surface area contributed by atoms with Gasteiger partial charge in [-0.1, -0.05) is 0 Å². The van der Waals surface area contributed by atoms with Gasteiger partial charge in [0, 0.05) is 30.9 Å². The van der Waals surface area contributed by atoms with Crippen molar-refractivity contribution in [2.45, 2.75) is 19.4 Å². The van der Waals surface area contributed by atoms with Crippen LogP contribution >= 0.6 is 0 Å². The third-order valence-electron chi connectivity index (χ3n) is 2.14. The summed E-state index contributed by atoms with van der Waals surface area (Å²) in [5.41, 5.74) is 5.73. The Balaban J connectivity index is 2.48. The summed E-state index contributed by atoms with van der Waals surface area (Å²) in [6.07, 6.45) is 7.88. The highest BCUT2D eigenvalue weighted by Crippen LogP contribution is 1.95. The number of nitrogens with two attached hydrogens (primary N) is 1. The smallest absolute Gasteiger partial charge is 0.251 e. The number of aromatic nitrogens is 1. The van der Waals surface area contributed by atoms with Crippen molar-refractivity contribution >= 4 is 11.6 Å². The van der Waals surface area contributed by atoms with Gasteiger partial charge in [0.1, 0.15) is 6.54 Å². The lowest BCUT2D eigenvalue weighted by atomic mass is 10.3. The lowest BCUT2D eigenvalue weighted by Crippen LogP contribution is -2.32. The van der Waals surface area contributed by atoms with E-state index in [9.17, 15) is 9.59 Å². The van der Waals surface area contributed by atoms with Crippen molar-refractivity contribution < 1.29 is 4.79 Å². The van der Waals surface area contributed by atoms with E-state index in [1.807, 2.05) is 0 Å². The molecule has 0 aliphatic heterocycles. The lowest BCUT2D eigenvalue weighted by Gasteiger charge is -2.07. The van der Waals surface area contributed by atoms with E-state index in [0.29, 0.717) is 18.7 Å². The van der Waals surface area contributed by atoms with Crippen LogP contribution in [0, 0.1) is 12.3 Å². The maximum Gasteiger partial charge on any atom is 0.251 e. The molecule has 0 radical (unpaired) electrons. The Bertz CT molecular complexity index is 485. The molecule has 3 N–H and O–H groups in total. The minimum absolute atomic E-state index is 0.0279. The van der Waals surface area contributed by atoms with Gasteiger partial charge in [0.05, 0.1) is 0 Å². The van der Waals surface area contributed by atoms with E-state index in [4.69, 9.17) is 12.2 Å². The quantitative estimate of drug-likeness (QED) is 0.553. The van der Waals surface area contributed by atoms with Gasteiger partial charge in [0.25, 0.3) is 5.56 Å². The molecule has 1 aromatic rings. The number of carbonyl (C=O) groups is 1. The Kier molecular flexibility index (Phi) is 4.82. The van der Waals surface area contributed by atoms with Crippen molar-refractivity contribution in [1.29, 1.82) is 0 Å². The van der Waals surface area contributed by atoms with Gasteiger partial charge < -0.3 is 15.6 Å². The summed E-state index contributed by atoms with van der Waals surface area (Å²) >= 11 is 0. The zero-order chi connectivity index (χ0) is 12.7. The highest BCUT2D eigenvalue weighted by Gasteiger charge is 2.03. The van der Waals surface area contributed by atoms with Crippen LogP contribution in [-0.2, 0) is 11.3 Å². The van der Waals surface area contributed by atoms with E-state index in [1.165, 1.54) is 22.9 Å². The van der Waals surface area contributed by atoms with Crippen LogP contribution in [0.2, 0.25) is 0 Å². The maximum absolute atomic E-state index is 11.5. The third kappa shape index (κ3) is 4.43. The molecule has 0 aliphatic rings. The second-order valence-corrected chi connectivity index (χ2v) is 3.59. The number of hydrogen-bond donors (Lipinski definition) is 2. The molecule has 0 bridgehead atoms. The molecule has 0 aromatic carbocycles. The molecule has 0 aliphatic carbocycles. The second kappa shape index (κ2) is 6.38. The van der Waals surface area contributed by atoms with Crippen LogP contribution < -0.4 is 16.6 Å². The number of terminal acetylenes is 1. The Hall–Kier alpha value is -2.22. The maximum atomic E-state index is 11.5. The number of nitrogen functional groups attached to an aromatic ring is 1. The van der Waals surface area contributed by atoms with Gasteiger partial charge in [0.2, 0.25) is 5.91 Å². The van der Waals surface area contributed by atoms with Crippen molar-refractivity contribution in [3.8, 4) is 12.3 Å². The molecule has 1 aromatic heterocycles. The van der Waals surface area contributed by atoms with Crippen molar-refractivity contribution in [2.75, 3.05) is 12.3 Å². The van der Waals surface area contributed by atoms with Gasteiger partial charge in [-0.05, 0) is 12.5 Å². The van der Waals surface area contributed by atoms with E-state index < -0.39 is 0 Å². The molecule has 1 amide bonds. The topological polar surface area (TPSA) is 77.1 Å². The van der Waals surface area contributed by atoms with Crippen LogP contribution in [0.25, 0.3) is 0 Å². The Morgan fingerprint density at radius 3 is 3.00 bits per heavy atom. The largest absolute Gasteiger partial charge is 0.398 e. The minimum Gasteiger partial charge on any atom is -0.398 e. The molecule has 0 fully saturated rings. The predicted octanol–water partition coefficient (Wildman–Crippen LogP) is -0.0399. The predicted molar refractivity (Wildman–Crippen MR) is 66.2 cm³/mol. The Morgan fingerprint density at radius 1 is 1.53 bits per heavy atom. The molecule has 5 heteroatoms. The SMILES string of the molecule is C#CCCCNC(=O)Cn1cc(N)ccc1=O. The summed E-state index contributed by atoms with van der Waals surface area (Å²) in [6, 6.07) is 2.84. The number of amides is 1. The van der Waals surface area contributed by atoms with Gasteiger partial charge in [-0.2, -0.15) is 0 Å². The minimum atomic E-state index is -0.252. The summed E-state index contributed by atoms with van der Waals surface area (Å²) in [7, 11) is 0. The summed E-state index contributed by atoms with van der Waals surface area (Å²) in [5.74, 6) is 2.26. The number of unbranched alkanes of at least 4 members (excludes halogenated alkanes) is 1. The lowest BCUT2D eigenvalue weighted by molar-refractivity contribution is -0.121. The Morgan fingerprint density at radius 2 is 2.29 bits per heavy atom. The molecule has 0 saturated carbocycles. The van der Waals surface area contributed by atoms with E-state index in [1.54, 1.807) is 0 Å². The highest BCUT2D eigenvalue weighted by molar-refractivity contribution is 5.75. The van der Waals surface area contributed by atoms with Crippen molar-refractivity contribution in [3.05, 3.63) is 28.7 Å². The summed E-state index contributed by atoms with van der Waals surface area (Å²) < 4.78 is 1.27. The summed E-state index contributed by atoms with van der Waals surface area (Å²) in [6.45, 7) is 0.486. The molecule has 5 nitrogen and oxygen atoms in total. The van der Waals surface area contributed by atoms with Gasteiger partial charge in [-0.15, -0.1) is 12.3 Å². The monoisotopic (exact) mass is 233 g/mol. The molecule has 17 heavy (non-hydrogen) atoms. The fraction of sp³-hybridized carbons (Fsp3) is 0.333. The molecular formula is C12H15N3O2. The number of rotatable bonds is 5. The molecule has 1 heterocycles. The fourth-order valence-corrected chi connectivity index (χ4v) is 1.30. The van der Waals surface area contributed by atoms with Gasteiger partial charge in [0.15, 0.2) is 0 Å². The van der Waals surface area contributed by atoms with Crippen LogP contribution in [0.15, 0.2) is 23.1 Å². The zero-order valence-corrected chi connectivity index (χ0v) is 9.48. The molecular weight excluding hydrogens is 218 g/mol. The van der Waals surface area contributed by atoms with E-state index in [-0.39, 0.29) is 18.0 Å².